The van der Waals surface area contributed by atoms with Gasteiger partial charge in [-0.3, -0.25) is 13.8 Å². The van der Waals surface area contributed by atoms with Gasteiger partial charge in [0.05, 0.1) is 39.9 Å². The van der Waals surface area contributed by atoms with Crippen molar-refractivity contribution in [2.45, 2.75) is 283 Å². The third-order valence-electron chi connectivity index (χ3n) is 12.7. The van der Waals surface area contributed by atoms with Crippen molar-refractivity contribution in [3.63, 3.8) is 0 Å². The van der Waals surface area contributed by atoms with Crippen LogP contribution in [0.4, 0.5) is 0 Å². The second-order valence-electron chi connectivity index (χ2n) is 20.3. The van der Waals surface area contributed by atoms with E-state index in [0.717, 1.165) is 38.5 Å². The van der Waals surface area contributed by atoms with Gasteiger partial charge < -0.3 is 19.8 Å². The van der Waals surface area contributed by atoms with Gasteiger partial charge >= 0.3 is 7.82 Å². The number of likely N-dealkylation sites (N-methyl/N-ethyl adjacent to an activating group) is 1. The van der Waals surface area contributed by atoms with Crippen molar-refractivity contribution in [2.75, 3.05) is 40.9 Å². The summed E-state index contributed by atoms with van der Waals surface area (Å²) in [5.74, 6) is -0.182. The number of phosphoric ester groups is 1. The quantitative estimate of drug-likeness (QED) is 0.0243. The minimum atomic E-state index is -4.35. The fourth-order valence-electron chi connectivity index (χ4n) is 8.30. The van der Waals surface area contributed by atoms with E-state index in [2.05, 4.69) is 31.3 Å². The normalized spacial score (nSPS) is 14.2. The molecule has 0 aromatic carbocycles. The molecular weight excluding hydrogens is 816 g/mol. The molecule has 0 spiro atoms. The number of nitrogens with zero attached hydrogens (tertiary/aromatic N) is 1. The van der Waals surface area contributed by atoms with Crippen LogP contribution in [0.25, 0.3) is 0 Å². The van der Waals surface area contributed by atoms with Gasteiger partial charge in [-0.25, -0.2) is 4.57 Å². The van der Waals surface area contributed by atoms with Crippen LogP contribution in [0.3, 0.4) is 0 Å². The van der Waals surface area contributed by atoms with E-state index < -0.39 is 20.0 Å². The molecule has 0 heterocycles. The zero-order chi connectivity index (χ0) is 47.1. The van der Waals surface area contributed by atoms with Crippen LogP contribution in [-0.2, 0) is 18.4 Å². The number of carbonyl (C=O) groups excluding carboxylic acids is 1. The zero-order valence-corrected chi connectivity index (χ0v) is 44.2. The van der Waals surface area contributed by atoms with Crippen molar-refractivity contribution in [2.24, 2.45) is 0 Å². The topological polar surface area (TPSA) is 105 Å². The van der Waals surface area contributed by atoms with E-state index in [0.29, 0.717) is 17.4 Å². The van der Waals surface area contributed by atoms with Gasteiger partial charge in [0.2, 0.25) is 5.91 Å². The largest absolute Gasteiger partial charge is 0.472 e. The molecule has 3 unspecified atom stereocenters. The minimum Gasteiger partial charge on any atom is -0.387 e. The lowest BCUT2D eigenvalue weighted by Crippen LogP contribution is -2.45. The van der Waals surface area contributed by atoms with Gasteiger partial charge in [0.15, 0.2) is 0 Å². The Morgan fingerprint density at radius 2 is 0.859 bits per heavy atom. The molecule has 0 saturated carbocycles. The third-order valence-corrected chi connectivity index (χ3v) is 13.7. The molecule has 0 aromatic rings. The molecule has 0 aliphatic heterocycles. The average Bonchev–Trinajstić information content (AvgIpc) is 3.25. The number of hydrogen-bond donors (Lipinski definition) is 3. The Hall–Kier alpha value is -1.02. The second-order valence-corrected chi connectivity index (χ2v) is 21.8. The average molecular weight is 926 g/mol. The highest BCUT2D eigenvalue weighted by Gasteiger charge is 2.27. The SMILES string of the molecule is CCCCCCCCCCCCCCCCCCCCCC/C=C/CC/C=C/C(O)C(COP(=O)(O)OCC[N+](C)(C)C)NC(=O)CCCCCCCCCCCCCCCCCC. The van der Waals surface area contributed by atoms with Crippen molar-refractivity contribution in [1.29, 1.82) is 0 Å². The van der Waals surface area contributed by atoms with Crippen LogP contribution in [-0.4, -0.2) is 73.4 Å². The lowest BCUT2D eigenvalue weighted by molar-refractivity contribution is -0.870. The zero-order valence-electron chi connectivity index (χ0n) is 43.3. The number of quaternary nitrogens is 1. The minimum absolute atomic E-state index is 0.0587. The summed E-state index contributed by atoms with van der Waals surface area (Å²) in [5, 5.41) is 13.9. The summed E-state index contributed by atoms with van der Waals surface area (Å²) >= 11 is 0. The highest BCUT2D eigenvalue weighted by molar-refractivity contribution is 7.47. The van der Waals surface area contributed by atoms with Crippen molar-refractivity contribution in [3.05, 3.63) is 24.3 Å². The van der Waals surface area contributed by atoms with E-state index in [4.69, 9.17) is 9.05 Å². The fourth-order valence-corrected chi connectivity index (χ4v) is 9.03. The molecule has 1 amide bonds. The Morgan fingerprint density at radius 3 is 1.25 bits per heavy atom. The smallest absolute Gasteiger partial charge is 0.387 e. The van der Waals surface area contributed by atoms with Crippen molar-refractivity contribution < 1.29 is 32.9 Å². The number of allylic oxidation sites excluding steroid dienone is 3. The second kappa shape index (κ2) is 47.1. The summed E-state index contributed by atoms with van der Waals surface area (Å²) in [6.45, 7) is 4.83. The molecule has 3 N–H and O–H groups in total. The molecular formula is C55H110N2O6P+. The lowest BCUT2D eigenvalue weighted by atomic mass is 10.0. The van der Waals surface area contributed by atoms with Crippen molar-refractivity contribution >= 4 is 13.7 Å². The third kappa shape index (κ3) is 48.9. The predicted octanol–water partition coefficient (Wildman–Crippen LogP) is 16.4. The maximum absolute atomic E-state index is 12.9. The molecule has 0 aliphatic rings. The summed E-state index contributed by atoms with van der Waals surface area (Å²) in [7, 11) is 1.57. The van der Waals surface area contributed by atoms with E-state index in [1.165, 1.54) is 212 Å². The molecule has 380 valence electrons. The maximum atomic E-state index is 12.9. The molecule has 0 saturated heterocycles. The van der Waals surface area contributed by atoms with Gasteiger partial charge in [-0.1, -0.05) is 256 Å². The molecule has 0 bridgehead atoms. The van der Waals surface area contributed by atoms with Crippen LogP contribution in [0.5, 0.6) is 0 Å². The number of phosphoric acid groups is 1. The number of aliphatic hydroxyl groups excluding tert-OH is 1. The maximum Gasteiger partial charge on any atom is 0.472 e. The Bertz CT molecular complexity index is 1090. The van der Waals surface area contributed by atoms with Crippen LogP contribution in [0, 0.1) is 0 Å². The van der Waals surface area contributed by atoms with Crippen LogP contribution in [0.2, 0.25) is 0 Å². The molecule has 0 radical (unpaired) electrons. The van der Waals surface area contributed by atoms with E-state index >= 15 is 0 Å². The van der Waals surface area contributed by atoms with Gasteiger partial charge in [-0.05, 0) is 32.1 Å². The van der Waals surface area contributed by atoms with Crippen LogP contribution < -0.4 is 5.32 Å². The highest BCUT2D eigenvalue weighted by Crippen LogP contribution is 2.43. The van der Waals surface area contributed by atoms with Gasteiger partial charge in [0.1, 0.15) is 13.2 Å². The van der Waals surface area contributed by atoms with Gasteiger partial charge in [0.25, 0.3) is 0 Å². The first kappa shape index (κ1) is 63.0. The summed E-state index contributed by atoms with van der Waals surface area (Å²) in [6, 6.07) is -0.859. The van der Waals surface area contributed by atoms with Gasteiger partial charge in [0, 0.05) is 6.42 Å². The molecule has 0 aromatic heterocycles. The van der Waals surface area contributed by atoms with Crippen LogP contribution in [0.1, 0.15) is 271 Å². The number of nitrogens with one attached hydrogen (secondary N) is 1. The van der Waals surface area contributed by atoms with Crippen molar-refractivity contribution in [3.8, 4) is 0 Å². The number of rotatable bonds is 51. The van der Waals surface area contributed by atoms with E-state index in [9.17, 15) is 19.4 Å². The number of unbranched alkanes of at least 4 members (excludes halogenated alkanes) is 36. The molecule has 0 rings (SSSR count). The first-order chi connectivity index (χ1) is 31.0. The summed E-state index contributed by atoms with van der Waals surface area (Å²) in [5.41, 5.74) is 0. The van der Waals surface area contributed by atoms with E-state index in [1.54, 1.807) is 6.08 Å². The number of hydrogen-bond acceptors (Lipinski definition) is 5. The Balaban J connectivity index is 4.24. The summed E-state index contributed by atoms with van der Waals surface area (Å²) in [6.07, 6.45) is 58.5. The predicted molar refractivity (Wildman–Crippen MR) is 277 cm³/mol. The fraction of sp³-hybridized carbons (Fsp3) is 0.909. The molecule has 0 fully saturated rings. The molecule has 64 heavy (non-hydrogen) atoms. The highest BCUT2D eigenvalue weighted by atomic mass is 31.2. The van der Waals surface area contributed by atoms with Crippen LogP contribution >= 0.6 is 7.82 Å². The van der Waals surface area contributed by atoms with Crippen LogP contribution in [0.15, 0.2) is 24.3 Å². The van der Waals surface area contributed by atoms with E-state index in [-0.39, 0.29) is 19.1 Å². The van der Waals surface area contributed by atoms with E-state index in [1.807, 2.05) is 27.2 Å². The first-order valence-electron chi connectivity index (χ1n) is 27.7. The standard InChI is InChI=1S/C55H109N2O6P/c1-6-8-10-12-14-16-18-20-22-24-25-26-27-28-29-30-31-32-33-34-36-38-40-42-44-46-48-54(58)53(52-63-64(60,61)62-51-50-57(3,4)5)56-55(59)49-47-45-43-41-39-37-35-23-21-19-17-15-13-11-9-7-2/h38,40,46,48,53-54,58H,6-37,39,41-45,47,49-52H2,1-5H3,(H-,56,59,60,61)/p+1/b40-38+,48-46+. The Kier molecular flexibility index (Phi) is 46.3. The number of amides is 1. The summed E-state index contributed by atoms with van der Waals surface area (Å²) < 4.78 is 23.7. The molecule has 8 nitrogen and oxygen atoms in total. The van der Waals surface area contributed by atoms with Gasteiger partial charge in [-0.2, -0.15) is 0 Å². The molecule has 9 heteroatoms. The monoisotopic (exact) mass is 926 g/mol. The number of carbonyl (C=O) groups is 1. The Labute approximate surface area is 398 Å². The van der Waals surface area contributed by atoms with Crippen molar-refractivity contribution in [1.82, 2.24) is 5.32 Å². The Morgan fingerprint density at radius 1 is 0.516 bits per heavy atom. The molecule has 0 aliphatic carbocycles. The number of aliphatic hydroxyl groups is 1. The summed E-state index contributed by atoms with van der Waals surface area (Å²) in [4.78, 5) is 23.2. The molecule has 3 atom stereocenters. The lowest BCUT2D eigenvalue weighted by Gasteiger charge is -2.25. The first-order valence-corrected chi connectivity index (χ1v) is 29.2. The van der Waals surface area contributed by atoms with Gasteiger partial charge in [-0.15, -0.1) is 0 Å².